The number of hydrogen-bond donors (Lipinski definition) is 0. The van der Waals surface area contributed by atoms with Gasteiger partial charge in [0.15, 0.2) is 40.8 Å². The summed E-state index contributed by atoms with van der Waals surface area (Å²) in [6.07, 6.45) is 0. The van der Waals surface area contributed by atoms with Gasteiger partial charge in [-0.2, -0.15) is 0 Å². The summed E-state index contributed by atoms with van der Waals surface area (Å²) < 4.78 is 7.31. The second kappa shape index (κ2) is 37.6. The van der Waals surface area contributed by atoms with Gasteiger partial charge in [0.2, 0.25) is 0 Å². The molecule has 29 rings (SSSR count). The topological polar surface area (TPSA) is 142 Å². The van der Waals surface area contributed by atoms with Crippen LogP contribution in [0.1, 0.15) is 0 Å². The predicted octanol–water partition coefficient (Wildman–Crippen LogP) is 35.8. The Kier molecular flexibility index (Phi) is 22.3. The molecule has 9 heterocycles. The lowest BCUT2D eigenvalue weighted by Gasteiger charge is -2.15. The molecular weight excluding hydrogens is 1850 g/mol. The molecule has 0 radical (unpaired) electrons. The van der Waals surface area contributed by atoms with Gasteiger partial charge < -0.3 is 0 Å². The van der Waals surface area contributed by atoms with E-state index in [1.54, 1.807) is 22.7 Å². The van der Waals surface area contributed by atoms with E-state index in [9.17, 15) is 0 Å². The zero-order chi connectivity index (χ0) is 97.2. The minimum Gasteiger partial charge on any atom is -0.247 e. The Balaban J connectivity index is 0.000000109. The van der Waals surface area contributed by atoms with Gasteiger partial charge in [0.05, 0.1) is 45.0 Å². The lowest BCUT2D eigenvalue weighted by molar-refractivity contribution is 1.08. The number of pyridine rings is 3. The zero-order valence-corrected chi connectivity index (χ0v) is 81.4. The Morgan fingerprint density at radius 1 is 0.129 bits per heavy atom. The molecule has 0 saturated heterocycles. The van der Waals surface area contributed by atoms with Gasteiger partial charge in [-0.1, -0.05) is 431 Å². The number of thiophene rings is 3. The number of nitrogens with zero attached hydrogens (tertiary/aromatic N) is 11. The van der Waals surface area contributed by atoms with Crippen molar-refractivity contribution in [3.63, 3.8) is 0 Å². The molecular formula is C133H81N11S3. The summed E-state index contributed by atoms with van der Waals surface area (Å²) in [6.45, 7) is 0. The van der Waals surface area contributed by atoms with Crippen LogP contribution in [0.4, 0.5) is 0 Å². The normalized spacial score (nSPS) is 11.5. The summed E-state index contributed by atoms with van der Waals surface area (Å²) in [4.78, 5) is 56.8. The zero-order valence-electron chi connectivity index (χ0n) is 78.9. The summed E-state index contributed by atoms with van der Waals surface area (Å²) in [5.41, 5.74) is 24.4. The van der Waals surface area contributed by atoms with Crippen LogP contribution < -0.4 is 0 Å². The summed E-state index contributed by atoms with van der Waals surface area (Å²) >= 11 is 5.44. The van der Waals surface area contributed by atoms with E-state index < -0.39 is 0 Å². The van der Waals surface area contributed by atoms with Crippen molar-refractivity contribution in [2.24, 2.45) is 0 Å². The van der Waals surface area contributed by atoms with Crippen molar-refractivity contribution in [3.8, 4) is 158 Å². The molecule has 0 amide bonds. The summed E-state index contributed by atoms with van der Waals surface area (Å²) in [7, 11) is 0. The number of para-hydroxylation sites is 3. The van der Waals surface area contributed by atoms with Crippen LogP contribution in [0.2, 0.25) is 0 Å². The van der Waals surface area contributed by atoms with E-state index >= 15 is 0 Å². The molecule has 147 heavy (non-hydrogen) atoms. The van der Waals surface area contributed by atoms with E-state index in [1.807, 2.05) is 145 Å². The fraction of sp³-hybridized carbons (Fsp3) is 0. The van der Waals surface area contributed by atoms with Gasteiger partial charge in [0.25, 0.3) is 0 Å². The van der Waals surface area contributed by atoms with Crippen LogP contribution in [0.5, 0.6) is 0 Å². The van der Waals surface area contributed by atoms with Crippen LogP contribution in [0.3, 0.4) is 0 Å². The van der Waals surface area contributed by atoms with Gasteiger partial charge in [0.1, 0.15) is 0 Å². The van der Waals surface area contributed by atoms with Crippen molar-refractivity contribution < 1.29 is 0 Å². The van der Waals surface area contributed by atoms with Gasteiger partial charge in [0, 0.05) is 181 Å². The molecule has 686 valence electrons. The maximum absolute atomic E-state index is 5.29. The highest BCUT2D eigenvalue weighted by Gasteiger charge is 2.28. The number of hydrogen-bond acceptors (Lipinski definition) is 14. The van der Waals surface area contributed by atoms with Crippen molar-refractivity contribution in [1.82, 2.24) is 54.8 Å². The highest BCUT2D eigenvalue weighted by molar-refractivity contribution is 7.27. The highest BCUT2D eigenvalue weighted by Crippen LogP contribution is 2.53. The smallest absolute Gasteiger partial charge is 0.165 e. The monoisotopic (exact) mass is 1930 g/mol. The van der Waals surface area contributed by atoms with Gasteiger partial charge in [-0.3, -0.25) is 0 Å². The maximum atomic E-state index is 5.29. The van der Waals surface area contributed by atoms with E-state index in [-0.39, 0.29) is 0 Å². The van der Waals surface area contributed by atoms with Crippen LogP contribution in [0.25, 0.3) is 284 Å². The van der Waals surface area contributed by atoms with Gasteiger partial charge in [-0.25, -0.2) is 54.8 Å². The van der Waals surface area contributed by atoms with Crippen molar-refractivity contribution in [3.05, 3.63) is 491 Å². The summed E-state index contributed by atoms with van der Waals surface area (Å²) in [6, 6.07) is 171. The van der Waals surface area contributed by atoms with Crippen molar-refractivity contribution in [2.45, 2.75) is 0 Å². The Morgan fingerprint density at radius 3 is 0.667 bits per heavy atom. The molecule has 0 bridgehead atoms. The molecule has 0 atom stereocenters. The predicted molar refractivity (Wildman–Crippen MR) is 615 cm³/mol. The van der Waals surface area contributed by atoms with E-state index in [2.05, 4.69) is 358 Å². The first-order valence-electron chi connectivity index (χ1n) is 49.0. The van der Waals surface area contributed by atoms with E-state index in [0.717, 1.165) is 159 Å². The van der Waals surface area contributed by atoms with Crippen LogP contribution >= 0.6 is 34.0 Å². The fourth-order valence-corrected chi connectivity index (χ4v) is 24.3. The summed E-state index contributed by atoms with van der Waals surface area (Å²) in [5, 5.41) is 17.8. The average molecular weight is 1930 g/mol. The maximum Gasteiger partial charge on any atom is 0.165 e. The van der Waals surface area contributed by atoms with Crippen molar-refractivity contribution in [2.75, 3.05) is 0 Å². The molecule has 0 unspecified atom stereocenters. The third-order valence-corrected chi connectivity index (χ3v) is 31.1. The molecule has 11 nitrogen and oxygen atoms in total. The first-order chi connectivity index (χ1) is 72.9. The average Bonchev–Trinajstić information content (AvgIpc) is 1.61. The summed E-state index contributed by atoms with van der Waals surface area (Å²) in [5.74, 6) is 4.55. The number of fused-ring (bicyclic) bond motifs is 21. The quantitative estimate of drug-likeness (QED) is 0.0960. The third-order valence-electron chi connectivity index (χ3n) is 27.5. The molecule has 0 spiro atoms. The van der Waals surface area contributed by atoms with Crippen LogP contribution in [-0.4, -0.2) is 54.8 Å². The second-order valence-electron chi connectivity index (χ2n) is 36.4. The van der Waals surface area contributed by atoms with Gasteiger partial charge >= 0.3 is 0 Å². The molecule has 20 aromatic carbocycles. The SMILES string of the molecule is c1ccc(-c2cc(-c3ccccc3)nc(-c3ccc(-c4cc5c(-c6ccccc6)nc6ccccc6c5c5c4sc4ccccc45)cc3)n2)cc1.c1ccc(-c2ccc(-c3nc(-c4ccccc4)nc(-c4cc5c(-c6ccccc6)nc6ccccc6c5c5c4sc4ccccc45)n3)cc2)cc1.c1ccc(-c2nc(-c3ccccc3)nc(-c3cc4c(-c5ccccc5)nc5ccccc5c4c4c3sc3ccccc34)n2)cc1. The Hall–Kier alpha value is -18.8. The van der Waals surface area contributed by atoms with Crippen LogP contribution in [0.15, 0.2) is 491 Å². The lowest BCUT2D eigenvalue weighted by Crippen LogP contribution is -2.01. The Bertz CT molecular complexity index is 10000. The molecule has 0 aliphatic carbocycles. The van der Waals surface area contributed by atoms with Gasteiger partial charge in [-0.05, 0) is 77.4 Å². The molecule has 9 aromatic heterocycles. The Labute approximate surface area is 857 Å². The molecule has 0 fully saturated rings. The first kappa shape index (κ1) is 87.2. The van der Waals surface area contributed by atoms with E-state index in [1.165, 1.54) is 83.8 Å². The third kappa shape index (κ3) is 16.2. The van der Waals surface area contributed by atoms with Crippen molar-refractivity contribution in [1.29, 1.82) is 0 Å². The minimum atomic E-state index is 0.632. The molecule has 14 heteroatoms. The van der Waals surface area contributed by atoms with E-state index in [0.29, 0.717) is 40.8 Å². The number of aromatic nitrogens is 11. The molecule has 0 aliphatic heterocycles. The number of rotatable bonds is 14. The Morgan fingerprint density at radius 2 is 0.347 bits per heavy atom. The minimum absolute atomic E-state index is 0.632. The lowest BCUT2D eigenvalue weighted by atomic mass is 9.92. The van der Waals surface area contributed by atoms with Gasteiger partial charge in [-0.15, -0.1) is 34.0 Å². The number of benzene rings is 20. The fourth-order valence-electron chi connectivity index (χ4n) is 20.6. The first-order valence-corrected chi connectivity index (χ1v) is 51.5. The van der Waals surface area contributed by atoms with Crippen LogP contribution in [-0.2, 0) is 0 Å². The molecule has 29 aromatic rings. The highest BCUT2D eigenvalue weighted by atomic mass is 32.1. The second-order valence-corrected chi connectivity index (χ2v) is 39.6. The van der Waals surface area contributed by atoms with E-state index in [4.69, 9.17) is 54.8 Å². The largest absolute Gasteiger partial charge is 0.247 e. The standard InChI is InChI=1S/C47H29N3S.C46H28N4S.C40H24N4S/c1-4-14-31(15-5-1)40-29-41(32-16-6-2-7-17-32)50-47(49-40)34-26-24-30(25-27-34)37-28-38-43(44-36-21-11-13-23-42(36)51-46(37)44)35-20-10-12-22-39(35)48-45(38)33-18-8-3-9-19-33;1-4-14-29(15-5-1)30-24-26-33(27-25-30)45-48-44(32-18-8-3-9-19-32)49-46(50-45)37-28-36-40(41-35-21-11-13-23-39(35)51-43(37)41)34-20-10-12-22-38(34)47-42(36)31-16-6-2-7-17-31;1-4-14-25(15-5-1)36-30-24-31(40-43-38(26-16-6-2-7-17-26)42-39(44-40)27-18-8-3-9-19-27)37-35(29-21-11-13-23-33(29)45-37)34(30)28-20-10-12-22-32(28)41-36/h1-29H;1-28H;1-24H. The van der Waals surface area contributed by atoms with Crippen molar-refractivity contribution >= 4 is 160 Å². The molecule has 0 N–H and O–H groups in total. The molecule has 0 saturated carbocycles. The molecule has 0 aliphatic rings. The van der Waals surface area contributed by atoms with Crippen LogP contribution in [0, 0.1) is 0 Å².